The van der Waals surface area contributed by atoms with E-state index in [2.05, 4.69) is 40.6 Å². The number of carbonyl (C=O) groups excluding carboxylic acids is 4. The van der Waals surface area contributed by atoms with Crippen molar-refractivity contribution in [1.82, 2.24) is 15.5 Å². The standard InChI is InChI=1S/C23H29N3O6S/c1-7-15-10-9-11-16(12-15)19(20(28)24-13-18(27)31-6)26(8-2)21(29)17(14-33)25-22(30)32-23(3,4)5/h2,7,9-12,17,19,33H,1,13-14H2,3-6H3,(H,24,28)(H,25,30). The highest BCUT2D eigenvalue weighted by Crippen LogP contribution is 2.23. The van der Waals surface area contributed by atoms with Gasteiger partial charge in [0.2, 0.25) is 5.91 Å². The number of nitrogens with one attached hydrogen (secondary N) is 2. The molecule has 0 aromatic heterocycles. The third kappa shape index (κ3) is 8.54. The van der Waals surface area contributed by atoms with Crippen LogP contribution in [-0.2, 0) is 23.9 Å². The van der Waals surface area contributed by atoms with Gasteiger partial charge in [0.05, 0.1) is 7.11 Å². The van der Waals surface area contributed by atoms with Crippen LogP contribution in [0.4, 0.5) is 4.79 Å². The first-order chi connectivity index (χ1) is 15.5. The minimum atomic E-state index is -1.31. The van der Waals surface area contributed by atoms with Crippen molar-refractivity contribution >= 4 is 42.6 Å². The quantitative estimate of drug-likeness (QED) is 0.218. The molecule has 3 amide bonds. The third-order valence-electron chi connectivity index (χ3n) is 4.15. The van der Waals surface area contributed by atoms with Gasteiger partial charge in [-0.2, -0.15) is 12.6 Å². The van der Waals surface area contributed by atoms with E-state index < -0.39 is 48.1 Å². The van der Waals surface area contributed by atoms with Crippen molar-refractivity contribution in [2.24, 2.45) is 0 Å². The van der Waals surface area contributed by atoms with Gasteiger partial charge in [0.25, 0.3) is 5.91 Å². The highest BCUT2D eigenvalue weighted by atomic mass is 32.1. The Hall–Kier alpha value is -3.45. The molecule has 0 fully saturated rings. The molecule has 10 heteroatoms. The van der Waals surface area contributed by atoms with Crippen LogP contribution in [0.2, 0.25) is 0 Å². The number of carbonyl (C=O) groups is 4. The topological polar surface area (TPSA) is 114 Å². The number of amides is 3. The lowest BCUT2D eigenvalue weighted by molar-refractivity contribution is -0.142. The summed E-state index contributed by atoms with van der Waals surface area (Å²) in [6.07, 6.45) is 6.35. The Bertz CT molecular complexity index is 935. The Morgan fingerprint density at radius 2 is 1.97 bits per heavy atom. The van der Waals surface area contributed by atoms with Crippen LogP contribution in [-0.4, -0.2) is 59.8 Å². The number of esters is 1. The number of hydrogen-bond donors (Lipinski definition) is 3. The summed E-state index contributed by atoms with van der Waals surface area (Å²) in [6, 6.07) is 6.37. The predicted octanol–water partition coefficient (Wildman–Crippen LogP) is 1.90. The van der Waals surface area contributed by atoms with Crippen molar-refractivity contribution in [3.8, 4) is 12.5 Å². The number of alkyl carbamates (subject to hydrolysis) is 1. The van der Waals surface area contributed by atoms with Crippen molar-refractivity contribution in [3.05, 3.63) is 42.0 Å². The van der Waals surface area contributed by atoms with Crippen LogP contribution >= 0.6 is 12.6 Å². The zero-order valence-corrected chi connectivity index (χ0v) is 20.0. The number of nitrogens with zero attached hydrogens (tertiary/aromatic N) is 1. The summed E-state index contributed by atoms with van der Waals surface area (Å²) < 4.78 is 9.72. The highest BCUT2D eigenvalue weighted by Gasteiger charge is 2.35. The summed E-state index contributed by atoms with van der Waals surface area (Å²) in [6.45, 7) is 8.29. The maximum atomic E-state index is 13.2. The largest absolute Gasteiger partial charge is 0.468 e. The summed E-state index contributed by atoms with van der Waals surface area (Å²) in [5.41, 5.74) is 0.262. The Morgan fingerprint density at radius 3 is 2.48 bits per heavy atom. The van der Waals surface area contributed by atoms with Crippen LogP contribution in [0.25, 0.3) is 6.08 Å². The van der Waals surface area contributed by atoms with Gasteiger partial charge < -0.3 is 20.1 Å². The minimum absolute atomic E-state index is 0.112. The number of rotatable bonds is 9. The van der Waals surface area contributed by atoms with E-state index in [-0.39, 0.29) is 5.75 Å². The van der Waals surface area contributed by atoms with Gasteiger partial charge in [-0.05, 0) is 38.0 Å². The molecule has 1 aromatic carbocycles. The molecule has 2 N–H and O–H groups in total. The maximum Gasteiger partial charge on any atom is 0.408 e. The van der Waals surface area contributed by atoms with E-state index in [1.54, 1.807) is 51.1 Å². The maximum absolute atomic E-state index is 13.2. The van der Waals surface area contributed by atoms with E-state index >= 15 is 0 Å². The van der Waals surface area contributed by atoms with E-state index in [0.29, 0.717) is 11.1 Å². The summed E-state index contributed by atoms with van der Waals surface area (Å²) in [5, 5.41) is 4.83. The van der Waals surface area contributed by atoms with Gasteiger partial charge in [0.15, 0.2) is 0 Å². The molecule has 0 spiro atoms. The molecule has 2 atom stereocenters. The average molecular weight is 476 g/mol. The van der Waals surface area contributed by atoms with Crippen LogP contribution in [0.3, 0.4) is 0 Å². The van der Waals surface area contributed by atoms with Gasteiger partial charge in [-0.3, -0.25) is 19.3 Å². The molecule has 2 unspecified atom stereocenters. The fourth-order valence-electron chi connectivity index (χ4n) is 2.67. The van der Waals surface area contributed by atoms with Crippen molar-refractivity contribution in [2.45, 2.75) is 38.5 Å². The fraction of sp³-hybridized carbons (Fsp3) is 0.391. The van der Waals surface area contributed by atoms with E-state index in [1.165, 1.54) is 7.11 Å². The smallest absolute Gasteiger partial charge is 0.408 e. The lowest BCUT2D eigenvalue weighted by Gasteiger charge is -2.30. The zero-order valence-electron chi connectivity index (χ0n) is 19.1. The third-order valence-corrected chi connectivity index (χ3v) is 4.52. The monoisotopic (exact) mass is 475 g/mol. The normalized spacial score (nSPS) is 12.4. The Balaban J connectivity index is 3.31. The Labute approximate surface area is 199 Å². The molecule has 1 aromatic rings. The van der Waals surface area contributed by atoms with Gasteiger partial charge >= 0.3 is 12.1 Å². The molecule has 0 heterocycles. The first kappa shape index (κ1) is 27.6. The first-order valence-corrected chi connectivity index (χ1v) is 10.6. The zero-order chi connectivity index (χ0) is 25.2. The van der Waals surface area contributed by atoms with Crippen LogP contribution in [0, 0.1) is 12.5 Å². The predicted molar refractivity (Wildman–Crippen MR) is 127 cm³/mol. The molecule has 0 aliphatic carbocycles. The molecule has 9 nitrogen and oxygen atoms in total. The summed E-state index contributed by atoms with van der Waals surface area (Å²) in [5.74, 6) is -2.27. The van der Waals surface area contributed by atoms with Crippen LogP contribution in [0.15, 0.2) is 30.8 Å². The van der Waals surface area contributed by atoms with Crippen molar-refractivity contribution in [2.75, 3.05) is 19.4 Å². The average Bonchev–Trinajstić information content (AvgIpc) is 2.77. The number of thiol groups is 1. The van der Waals surface area contributed by atoms with Crippen LogP contribution in [0.5, 0.6) is 0 Å². The van der Waals surface area contributed by atoms with E-state index in [0.717, 1.165) is 4.90 Å². The van der Waals surface area contributed by atoms with Crippen molar-refractivity contribution < 1.29 is 28.7 Å². The molecule has 0 saturated carbocycles. The minimum Gasteiger partial charge on any atom is -0.468 e. The molecule has 0 saturated heterocycles. The Morgan fingerprint density at radius 1 is 1.30 bits per heavy atom. The lowest BCUT2D eigenvalue weighted by Crippen LogP contribution is -2.52. The van der Waals surface area contributed by atoms with Gasteiger partial charge in [-0.1, -0.05) is 37.3 Å². The molecule has 0 radical (unpaired) electrons. The van der Waals surface area contributed by atoms with Gasteiger partial charge in [-0.25, -0.2) is 4.79 Å². The SMILES string of the molecule is C#CN(C(=O)C(CS)NC(=O)OC(C)(C)C)C(C(=O)NCC(=O)OC)c1cccc(C=C)c1. The summed E-state index contributed by atoms with van der Waals surface area (Å²) in [4.78, 5) is 50.8. The second-order valence-electron chi connectivity index (χ2n) is 7.79. The number of methoxy groups -OCH3 is 1. The van der Waals surface area contributed by atoms with Crippen LogP contribution in [0.1, 0.15) is 37.9 Å². The van der Waals surface area contributed by atoms with Gasteiger partial charge in [0, 0.05) is 11.8 Å². The van der Waals surface area contributed by atoms with Gasteiger partial charge in [0.1, 0.15) is 24.2 Å². The van der Waals surface area contributed by atoms with Crippen LogP contribution < -0.4 is 10.6 Å². The highest BCUT2D eigenvalue weighted by molar-refractivity contribution is 7.80. The molecule has 1 rings (SSSR count). The lowest BCUT2D eigenvalue weighted by atomic mass is 10.0. The molecule has 0 aliphatic rings. The number of terminal acetylenes is 1. The van der Waals surface area contributed by atoms with E-state index in [1.807, 2.05) is 0 Å². The molecule has 33 heavy (non-hydrogen) atoms. The summed E-state index contributed by atoms with van der Waals surface area (Å²) >= 11 is 4.13. The second-order valence-corrected chi connectivity index (χ2v) is 8.15. The molecular weight excluding hydrogens is 446 g/mol. The molecule has 178 valence electrons. The van der Waals surface area contributed by atoms with E-state index in [9.17, 15) is 19.2 Å². The van der Waals surface area contributed by atoms with Crippen molar-refractivity contribution in [3.63, 3.8) is 0 Å². The summed E-state index contributed by atoms with van der Waals surface area (Å²) in [7, 11) is 1.18. The fourth-order valence-corrected chi connectivity index (χ4v) is 2.92. The Kier molecular flexibility index (Phi) is 10.5. The van der Waals surface area contributed by atoms with E-state index in [4.69, 9.17) is 11.2 Å². The number of ether oxygens (including phenoxy) is 2. The number of benzene rings is 1. The molecule has 0 bridgehead atoms. The number of hydrogen-bond acceptors (Lipinski definition) is 7. The van der Waals surface area contributed by atoms with Crippen molar-refractivity contribution in [1.29, 1.82) is 0 Å². The molecule has 0 aliphatic heterocycles. The molecular formula is C23H29N3O6S. The first-order valence-electron chi connectivity index (χ1n) is 9.94. The van der Waals surface area contributed by atoms with Gasteiger partial charge in [-0.15, -0.1) is 0 Å². The second kappa shape index (κ2) is 12.6.